The Morgan fingerprint density at radius 2 is 1.76 bits per heavy atom. The second kappa shape index (κ2) is 9.09. The SMILES string of the molecule is CC(C)c1cnc(-c2ccc(NC(=O)c3ccc(C4SCCCS4)cc3)cc2)o1. The lowest BCUT2D eigenvalue weighted by atomic mass is 10.1. The van der Waals surface area contributed by atoms with E-state index in [-0.39, 0.29) is 5.91 Å². The zero-order valence-corrected chi connectivity index (χ0v) is 18.2. The average Bonchev–Trinajstić information content (AvgIpc) is 3.26. The minimum absolute atomic E-state index is 0.105. The second-order valence-electron chi connectivity index (χ2n) is 7.30. The lowest BCUT2D eigenvalue weighted by Crippen LogP contribution is -2.12. The molecule has 1 aromatic heterocycles. The maximum atomic E-state index is 12.6. The first-order valence-electron chi connectivity index (χ1n) is 9.81. The molecule has 1 fully saturated rings. The van der Waals surface area contributed by atoms with Crippen LogP contribution >= 0.6 is 23.5 Å². The summed E-state index contributed by atoms with van der Waals surface area (Å²) in [5.41, 5.74) is 3.59. The van der Waals surface area contributed by atoms with E-state index >= 15 is 0 Å². The van der Waals surface area contributed by atoms with Crippen molar-refractivity contribution in [1.82, 2.24) is 4.98 Å². The summed E-state index contributed by atoms with van der Waals surface area (Å²) in [7, 11) is 0. The Morgan fingerprint density at radius 1 is 1.07 bits per heavy atom. The number of aromatic nitrogens is 1. The topological polar surface area (TPSA) is 55.1 Å². The van der Waals surface area contributed by atoms with Gasteiger partial charge in [-0.25, -0.2) is 4.98 Å². The maximum absolute atomic E-state index is 12.6. The zero-order chi connectivity index (χ0) is 20.2. The first-order valence-corrected chi connectivity index (χ1v) is 11.9. The van der Waals surface area contributed by atoms with E-state index in [2.05, 4.69) is 36.3 Å². The summed E-state index contributed by atoms with van der Waals surface area (Å²) in [5, 5.41) is 2.96. The quantitative estimate of drug-likeness (QED) is 0.501. The number of carbonyl (C=O) groups is 1. The third-order valence-electron chi connectivity index (χ3n) is 4.75. The van der Waals surface area contributed by atoms with Crippen molar-refractivity contribution in [3.63, 3.8) is 0 Å². The van der Waals surface area contributed by atoms with Crippen molar-refractivity contribution in [2.75, 3.05) is 16.8 Å². The van der Waals surface area contributed by atoms with Crippen LogP contribution in [0.5, 0.6) is 0 Å². The van der Waals surface area contributed by atoms with Gasteiger partial charge in [-0.2, -0.15) is 0 Å². The lowest BCUT2D eigenvalue weighted by Gasteiger charge is -2.21. The van der Waals surface area contributed by atoms with Gasteiger partial charge < -0.3 is 9.73 Å². The number of oxazole rings is 1. The molecule has 3 aromatic rings. The predicted molar refractivity (Wildman–Crippen MR) is 123 cm³/mol. The van der Waals surface area contributed by atoms with Gasteiger partial charge in [0.25, 0.3) is 5.91 Å². The molecule has 0 atom stereocenters. The second-order valence-corrected chi connectivity index (χ2v) is 10.0. The fourth-order valence-electron chi connectivity index (χ4n) is 3.06. The van der Waals surface area contributed by atoms with Gasteiger partial charge >= 0.3 is 0 Å². The first kappa shape index (κ1) is 20.1. The molecule has 0 aliphatic carbocycles. The number of amides is 1. The summed E-state index contributed by atoms with van der Waals surface area (Å²) in [6, 6.07) is 15.5. The number of rotatable bonds is 5. The number of anilines is 1. The molecule has 0 spiro atoms. The van der Waals surface area contributed by atoms with Gasteiger partial charge in [0.1, 0.15) is 5.76 Å². The molecule has 1 aliphatic heterocycles. The van der Waals surface area contributed by atoms with Crippen LogP contribution in [0.3, 0.4) is 0 Å². The van der Waals surface area contributed by atoms with Crippen molar-refractivity contribution in [1.29, 1.82) is 0 Å². The smallest absolute Gasteiger partial charge is 0.255 e. The van der Waals surface area contributed by atoms with Crippen LogP contribution < -0.4 is 5.32 Å². The highest BCUT2D eigenvalue weighted by Crippen LogP contribution is 2.43. The molecule has 1 aliphatic rings. The Kier molecular flexibility index (Phi) is 6.31. The molecule has 4 nitrogen and oxygen atoms in total. The Hall–Kier alpha value is -2.18. The molecule has 0 unspecified atom stereocenters. The van der Waals surface area contributed by atoms with Crippen LogP contribution in [0.2, 0.25) is 0 Å². The van der Waals surface area contributed by atoms with Crippen LogP contribution in [0, 0.1) is 0 Å². The maximum Gasteiger partial charge on any atom is 0.255 e. The van der Waals surface area contributed by atoms with Gasteiger partial charge in [-0.15, -0.1) is 23.5 Å². The van der Waals surface area contributed by atoms with E-state index in [0.717, 1.165) is 17.0 Å². The van der Waals surface area contributed by atoms with Crippen LogP contribution in [0.15, 0.2) is 59.1 Å². The Labute approximate surface area is 179 Å². The summed E-state index contributed by atoms with van der Waals surface area (Å²) in [5.74, 6) is 4.08. The summed E-state index contributed by atoms with van der Waals surface area (Å²) < 4.78 is 6.27. The molecule has 0 radical (unpaired) electrons. The zero-order valence-electron chi connectivity index (χ0n) is 16.6. The van der Waals surface area contributed by atoms with Crippen LogP contribution in [0.4, 0.5) is 5.69 Å². The number of benzene rings is 2. The van der Waals surface area contributed by atoms with Crippen molar-refractivity contribution < 1.29 is 9.21 Å². The van der Waals surface area contributed by atoms with Gasteiger partial charge in [0, 0.05) is 22.7 Å². The molecular weight excluding hydrogens is 400 g/mol. The molecular formula is C23H24N2O2S2. The van der Waals surface area contributed by atoms with Crippen LogP contribution in [0.1, 0.15) is 52.4 Å². The standard InChI is InChI=1S/C23H24N2O2S2/c1-15(2)20-14-24-22(27-20)17-8-10-19(11-9-17)25-21(26)16-4-6-18(7-5-16)23-28-12-3-13-29-23/h4-11,14-15,23H,3,12-13H2,1-2H3,(H,25,26). The molecule has 1 saturated heterocycles. The van der Waals surface area contributed by atoms with E-state index in [1.807, 2.05) is 59.9 Å². The summed E-state index contributed by atoms with van der Waals surface area (Å²) in [6.07, 6.45) is 3.05. The Balaban J connectivity index is 1.40. The van der Waals surface area contributed by atoms with Gasteiger partial charge in [0.05, 0.1) is 10.8 Å². The number of hydrogen-bond donors (Lipinski definition) is 1. The molecule has 2 heterocycles. The van der Waals surface area contributed by atoms with Gasteiger partial charge in [0.2, 0.25) is 5.89 Å². The van der Waals surface area contributed by atoms with E-state index < -0.39 is 0 Å². The summed E-state index contributed by atoms with van der Waals surface area (Å²) >= 11 is 3.97. The number of hydrogen-bond acceptors (Lipinski definition) is 5. The van der Waals surface area contributed by atoms with Gasteiger partial charge in [-0.1, -0.05) is 26.0 Å². The largest absolute Gasteiger partial charge is 0.441 e. The number of nitrogens with zero attached hydrogens (tertiary/aromatic N) is 1. The van der Waals surface area contributed by atoms with Crippen molar-refractivity contribution in [2.45, 2.75) is 30.8 Å². The highest BCUT2D eigenvalue weighted by molar-refractivity contribution is 8.16. The molecule has 6 heteroatoms. The van der Waals surface area contributed by atoms with E-state index in [9.17, 15) is 4.79 Å². The first-order chi connectivity index (χ1) is 14.1. The van der Waals surface area contributed by atoms with Crippen molar-refractivity contribution >= 4 is 35.1 Å². The third-order valence-corrected chi connectivity index (χ3v) is 7.77. The molecule has 4 rings (SSSR count). The molecule has 150 valence electrons. The molecule has 1 N–H and O–H groups in total. The van der Waals surface area contributed by atoms with E-state index in [0.29, 0.717) is 22.0 Å². The molecule has 2 aromatic carbocycles. The van der Waals surface area contributed by atoms with Gasteiger partial charge in [-0.05, 0) is 59.9 Å². The minimum Gasteiger partial charge on any atom is -0.441 e. The lowest BCUT2D eigenvalue weighted by molar-refractivity contribution is 0.102. The summed E-state index contributed by atoms with van der Waals surface area (Å²) in [6.45, 7) is 4.14. The van der Waals surface area contributed by atoms with E-state index in [1.165, 1.54) is 23.5 Å². The van der Waals surface area contributed by atoms with Gasteiger partial charge in [0.15, 0.2) is 0 Å². The fraction of sp³-hybridized carbons (Fsp3) is 0.304. The van der Waals surface area contributed by atoms with Crippen LogP contribution in [-0.4, -0.2) is 22.4 Å². The number of carbonyl (C=O) groups excluding carboxylic acids is 1. The van der Waals surface area contributed by atoms with Crippen LogP contribution in [-0.2, 0) is 0 Å². The van der Waals surface area contributed by atoms with E-state index in [1.54, 1.807) is 6.20 Å². The van der Waals surface area contributed by atoms with E-state index in [4.69, 9.17) is 4.42 Å². The Bertz CT molecular complexity index is 959. The number of nitrogens with one attached hydrogen (secondary N) is 1. The average molecular weight is 425 g/mol. The number of thioether (sulfide) groups is 2. The minimum atomic E-state index is -0.105. The van der Waals surface area contributed by atoms with Gasteiger partial charge in [-0.3, -0.25) is 4.79 Å². The molecule has 29 heavy (non-hydrogen) atoms. The summed E-state index contributed by atoms with van der Waals surface area (Å²) in [4.78, 5) is 16.9. The fourth-order valence-corrected chi connectivity index (χ4v) is 5.95. The van der Waals surface area contributed by atoms with Crippen molar-refractivity contribution in [2.24, 2.45) is 0 Å². The molecule has 0 saturated carbocycles. The monoisotopic (exact) mass is 424 g/mol. The molecule has 0 bridgehead atoms. The van der Waals surface area contributed by atoms with Crippen molar-refractivity contribution in [3.8, 4) is 11.5 Å². The molecule has 1 amide bonds. The predicted octanol–water partition coefficient (Wildman–Crippen LogP) is 6.59. The normalized spacial score (nSPS) is 14.9. The third kappa shape index (κ3) is 4.87. The highest BCUT2D eigenvalue weighted by Gasteiger charge is 2.17. The van der Waals surface area contributed by atoms with Crippen LogP contribution in [0.25, 0.3) is 11.5 Å². The Morgan fingerprint density at radius 3 is 2.38 bits per heavy atom. The van der Waals surface area contributed by atoms with Crippen molar-refractivity contribution in [3.05, 3.63) is 71.6 Å². The highest BCUT2D eigenvalue weighted by atomic mass is 32.2.